The van der Waals surface area contributed by atoms with Crippen LogP contribution in [0, 0.1) is 18.6 Å². The van der Waals surface area contributed by atoms with Gasteiger partial charge in [0.2, 0.25) is 10.0 Å². The largest absolute Gasteiger partial charge is 0.380 e. The van der Waals surface area contributed by atoms with Crippen LogP contribution in [0.5, 0.6) is 0 Å². The molecule has 1 aromatic carbocycles. The summed E-state index contributed by atoms with van der Waals surface area (Å²) in [6, 6.07) is 2.50. The number of rotatable bonds is 5. The van der Waals surface area contributed by atoms with Crippen LogP contribution in [0.25, 0.3) is 0 Å². The predicted molar refractivity (Wildman–Crippen MR) is 94.6 cm³/mol. The van der Waals surface area contributed by atoms with Gasteiger partial charge < -0.3 is 4.74 Å². The molecule has 146 valence electrons. The minimum Gasteiger partial charge on any atom is -0.380 e. The zero-order chi connectivity index (χ0) is 19.6. The highest BCUT2D eigenvalue weighted by molar-refractivity contribution is 7.89. The molecule has 1 aliphatic heterocycles. The van der Waals surface area contributed by atoms with Gasteiger partial charge in [0.15, 0.2) is 0 Å². The maximum Gasteiger partial charge on any atom is 0.246 e. The number of nitrogens with zero attached hydrogens (tertiary/aromatic N) is 3. The Morgan fingerprint density at radius 2 is 2.11 bits per heavy atom. The molecular formula is C18H21F2N3O3S. The third kappa shape index (κ3) is 4.15. The van der Waals surface area contributed by atoms with Crippen molar-refractivity contribution in [3.8, 4) is 0 Å². The fourth-order valence-corrected chi connectivity index (χ4v) is 4.91. The Hall–Kier alpha value is -1.97. The number of piperidine rings is 1. The first-order chi connectivity index (χ1) is 12.8. The first-order valence-electron chi connectivity index (χ1n) is 8.59. The zero-order valence-electron chi connectivity index (χ0n) is 15.2. The van der Waals surface area contributed by atoms with Gasteiger partial charge in [-0.15, -0.1) is 0 Å². The second kappa shape index (κ2) is 7.95. The van der Waals surface area contributed by atoms with Crippen molar-refractivity contribution in [1.29, 1.82) is 0 Å². The monoisotopic (exact) mass is 397 g/mol. The van der Waals surface area contributed by atoms with E-state index in [0.29, 0.717) is 24.9 Å². The summed E-state index contributed by atoms with van der Waals surface area (Å²) in [5.41, 5.74) is 1.56. The van der Waals surface area contributed by atoms with E-state index in [-0.39, 0.29) is 19.0 Å². The molecule has 0 bridgehead atoms. The number of aryl methyl sites for hydroxylation is 1. The van der Waals surface area contributed by atoms with Gasteiger partial charge in [-0.2, -0.15) is 4.31 Å². The van der Waals surface area contributed by atoms with E-state index in [1.165, 1.54) is 4.31 Å². The molecule has 1 unspecified atom stereocenters. The highest BCUT2D eigenvalue weighted by Gasteiger charge is 2.34. The molecule has 0 radical (unpaired) electrons. The van der Waals surface area contributed by atoms with Gasteiger partial charge in [0.25, 0.3) is 0 Å². The van der Waals surface area contributed by atoms with E-state index in [1.807, 2.05) is 0 Å². The van der Waals surface area contributed by atoms with Crippen molar-refractivity contribution in [3.05, 3.63) is 53.1 Å². The van der Waals surface area contributed by atoms with Gasteiger partial charge in [-0.1, -0.05) is 0 Å². The number of ether oxygens (including phenoxy) is 1. The zero-order valence-corrected chi connectivity index (χ0v) is 16.0. The summed E-state index contributed by atoms with van der Waals surface area (Å²) in [6.07, 6.45) is 3.06. The van der Waals surface area contributed by atoms with E-state index < -0.39 is 26.6 Å². The normalized spacial score (nSPS) is 18.6. The number of hydrogen-bond donors (Lipinski definition) is 0. The second-order valence-electron chi connectivity index (χ2n) is 6.54. The first kappa shape index (κ1) is 19.8. The summed E-state index contributed by atoms with van der Waals surface area (Å²) < 4.78 is 59.4. The fraction of sp³-hybridized carbons (Fsp3) is 0.444. The number of hydrogen-bond acceptors (Lipinski definition) is 5. The van der Waals surface area contributed by atoms with Gasteiger partial charge in [0, 0.05) is 43.9 Å². The molecule has 0 amide bonds. The molecule has 0 spiro atoms. The number of halogens is 2. The van der Waals surface area contributed by atoms with Gasteiger partial charge in [-0.3, -0.25) is 0 Å². The van der Waals surface area contributed by atoms with Crippen molar-refractivity contribution in [2.45, 2.75) is 37.2 Å². The first-order valence-corrected chi connectivity index (χ1v) is 10.0. The molecule has 6 nitrogen and oxygen atoms in total. The van der Waals surface area contributed by atoms with Crippen molar-refractivity contribution < 1.29 is 21.9 Å². The molecular weight excluding hydrogens is 376 g/mol. The van der Waals surface area contributed by atoms with Crippen molar-refractivity contribution in [2.75, 3.05) is 20.2 Å². The average molecular weight is 397 g/mol. The molecule has 1 aromatic heterocycles. The van der Waals surface area contributed by atoms with Crippen LogP contribution in [-0.4, -0.2) is 42.9 Å². The maximum absolute atomic E-state index is 14.1. The van der Waals surface area contributed by atoms with Crippen LogP contribution in [0.2, 0.25) is 0 Å². The number of aromatic nitrogens is 2. The highest BCUT2D eigenvalue weighted by atomic mass is 32.2. The Balaban J connectivity index is 1.91. The van der Waals surface area contributed by atoms with Gasteiger partial charge in [-0.25, -0.2) is 27.2 Å². The summed E-state index contributed by atoms with van der Waals surface area (Å²) in [5.74, 6) is -1.46. The van der Waals surface area contributed by atoms with Gasteiger partial charge >= 0.3 is 0 Å². The Morgan fingerprint density at radius 3 is 2.81 bits per heavy atom. The molecule has 27 heavy (non-hydrogen) atoms. The molecule has 0 N–H and O–H groups in total. The van der Waals surface area contributed by atoms with Crippen LogP contribution < -0.4 is 0 Å². The van der Waals surface area contributed by atoms with E-state index in [9.17, 15) is 17.2 Å². The molecule has 2 aromatic rings. The van der Waals surface area contributed by atoms with E-state index in [1.54, 1.807) is 20.2 Å². The van der Waals surface area contributed by atoms with Crippen LogP contribution in [0.4, 0.5) is 8.78 Å². The average Bonchev–Trinajstić information content (AvgIpc) is 2.63. The Kier molecular flexibility index (Phi) is 5.83. The molecule has 1 atom stereocenters. The Labute approximate surface area is 157 Å². The fourth-order valence-electron chi connectivity index (χ4n) is 3.34. The smallest absolute Gasteiger partial charge is 0.246 e. The van der Waals surface area contributed by atoms with Gasteiger partial charge in [0.1, 0.15) is 22.4 Å². The van der Waals surface area contributed by atoms with Crippen molar-refractivity contribution >= 4 is 10.0 Å². The van der Waals surface area contributed by atoms with Gasteiger partial charge in [-0.05, 0) is 31.9 Å². The Morgan fingerprint density at radius 1 is 1.33 bits per heavy atom. The predicted octanol–water partition coefficient (Wildman–Crippen LogP) is 2.78. The third-order valence-electron chi connectivity index (χ3n) is 4.60. The summed E-state index contributed by atoms with van der Waals surface area (Å²) in [5, 5.41) is 0. The SMILES string of the molecule is COCc1cnc(C)nc1C1CCCN(S(=O)(=O)c2ccc(F)cc2F)C1. The summed E-state index contributed by atoms with van der Waals surface area (Å²) in [6.45, 7) is 2.54. The summed E-state index contributed by atoms with van der Waals surface area (Å²) in [7, 11) is -2.50. The van der Waals surface area contributed by atoms with E-state index in [0.717, 1.165) is 29.8 Å². The summed E-state index contributed by atoms with van der Waals surface area (Å²) >= 11 is 0. The topological polar surface area (TPSA) is 72.4 Å². The van der Waals surface area contributed by atoms with Crippen LogP contribution in [-0.2, 0) is 21.4 Å². The molecule has 0 aliphatic carbocycles. The molecule has 9 heteroatoms. The molecule has 3 rings (SSSR count). The quantitative estimate of drug-likeness (QED) is 0.776. The number of benzene rings is 1. The van der Waals surface area contributed by atoms with Crippen LogP contribution >= 0.6 is 0 Å². The molecule has 0 saturated carbocycles. The number of methoxy groups -OCH3 is 1. The molecule has 1 fully saturated rings. The van der Waals surface area contributed by atoms with E-state index >= 15 is 0 Å². The van der Waals surface area contributed by atoms with Crippen LogP contribution in [0.1, 0.15) is 35.8 Å². The minimum absolute atomic E-state index is 0.149. The third-order valence-corrected chi connectivity index (χ3v) is 6.50. The molecule has 1 saturated heterocycles. The summed E-state index contributed by atoms with van der Waals surface area (Å²) in [4.78, 5) is 8.16. The lowest BCUT2D eigenvalue weighted by molar-refractivity contribution is 0.182. The maximum atomic E-state index is 14.1. The van der Waals surface area contributed by atoms with Crippen LogP contribution in [0.3, 0.4) is 0 Å². The molecule has 2 heterocycles. The standard InChI is InChI=1S/C18H21F2N3O3S/c1-12-21-9-14(11-26-2)18(22-12)13-4-3-7-23(10-13)27(24,25)17-6-5-15(19)8-16(17)20/h5-6,8-9,13H,3-4,7,10-11H2,1-2H3. The van der Waals surface area contributed by atoms with E-state index in [2.05, 4.69) is 9.97 Å². The minimum atomic E-state index is -4.07. The second-order valence-corrected chi connectivity index (χ2v) is 8.44. The lowest BCUT2D eigenvalue weighted by atomic mass is 9.93. The van der Waals surface area contributed by atoms with E-state index in [4.69, 9.17) is 4.74 Å². The van der Waals surface area contributed by atoms with Crippen LogP contribution in [0.15, 0.2) is 29.3 Å². The molecule has 1 aliphatic rings. The van der Waals surface area contributed by atoms with Crippen molar-refractivity contribution in [1.82, 2.24) is 14.3 Å². The number of sulfonamides is 1. The lowest BCUT2D eigenvalue weighted by Gasteiger charge is -2.32. The van der Waals surface area contributed by atoms with Crippen molar-refractivity contribution in [3.63, 3.8) is 0 Å². The lowest BCUT2D eigenvalue weighted by Crippen LogP contribution is -2.40. The van der Waals surface area contributed by atoms with Gasteiger partial charge in [0.05, 0.1) is 12.3 Å². The van der Waals surface area contributed by atoms with Crippen molar-refractivity contribution in [2.24, 2.45) is 0 Å². The Bertz CT molecular complexity index is 937. The highest BCUT2D eigenvalue weighted by Crippen LogP contribution is 2.32.